The molecule has 1 aromatic carbocycles. The Balaban J connectivity index is 2.34. The molecule has 3 rings (SSSR count). The quantitative estimate of drug-likeness (QED) is 0.587. The highest BCUT2D eigenvalue weighted by Gasteiger charge is 2.42. The van der Waals surface area contributed by atoms with E-state index in [0.717, 1.165) is 0 Å². The van der Waals surface area contributed by atoms with Crippen LogP contribution in [0.1, 0.15) is 27.0 Å². The Morgan fingerprint density at radius 3 is 2.86 bits per heavy atom. The largest absolute Gasteiger partial charge is 0.398 e. The maximum atomic E-state index is 13.0. The standard InChI is InChI=1S/C15H16N4O3/c1-8-17-10-5-3-4-9(16)12(10)13(21)19(8)15(2)7-6-11(20)18-14(15)22/h3-5H,6-7,16H2,1-2H3,(H,18,20,22)/i1D. The van der Waals surface area contributed by atoms with Crippen molar-refractivity contribution in [2.45, 2.75) is 32.2 Å². The Bertz CT molecular complexity index is 892. The summed E-state index contributed by atoms with van der Waals surface area (Å²) in [7, 11) is 0. The third-order valence-electron chi connectivity index (χ3n) is 4.07. The Hall–Kier alpha value is -2.70. The third-order valence-corrected chi connectivity index (χ3v) is 4.07. The molecule has 0 bridgehead atoms. The minimum atomic E-state index is -1.27. The molecule has 1 aliphatic rings. The molecular weight excluding hydrogens is 284 g/mol. The molecule has 3 N–H and O–H groups in total. The van der Waals surface area contributed by atoms with Crippen molar-refractivity contribution in [2.75, 3.05) is 5.73 Å². The zero-order valence-corrected chi connectivity index (χ0v) is 12.0. The Labute approximate surface area is 127 Å². The first-order chi connectivity index (χ1) is 10.9. The molecule has 0 aliphatic carbocycles. The number of benzene rings is 1. The number of rotatable bonds is 1. The predicted octanol–water partition coefficient (Wildman–Crippen LogP) is 0.439. The van der Waals surface area contributed by atoms with E-state index in [1.54, 1.807) is 25.1 Å². The lowest BCUT2D eigenvalue weighted by atomic mass is 9.90. The summed E-state index contributed by atoms with van der Waals surface area (Å²) in [5.74, 6) is -0.775. The van der Waals surface area contributed by atoms with Gasteiger partial charge in [-0.25, -0.2) is 4.98 Å². The molecule has 1 unspecified atom stereocenters. The van der Waals surface area contributed by atoms with E-state index in [2.05, 4.69) is 10.3 Å². The minimum absolute atomic E-state index is 0.119. The fourth-order valence-corrected chi connectivity index (χ4v) is 2.82. The van der Waals surface area contributed by atoms with Crippen molar-refractivity contribution in [3.63, 3.8) is 0 Å². The maximum Gasteiger partial charge on any atom is 0.264 e. The lowest BCUT2D eigenvalue weighted by molar-refractivity contribution is -0.140. The molecule has 1 aliphatic heterocycles. The number of aromatic nitrogens is 2. The predicted molar refractivity (Wildman–Crippen MR) is 81.2 cm³/mol. The number of anilines is 1. The SMILES string of the molecule is [2H]Cc1nc2cccc(N)c2c(=O)n1C1(C)CCC(=O)NC1=O. The van der Waals surface area contributed by atoms with Gasteiger partial charge in [0.2, 0.25) is 5.91 Å². The fraction of sp³-hybridized carbons (Fsp3) is 0.333. The van der Waals surface area contributed by atoms with Gasteiger partial charge in [-0.1, -0.05) is 6.07 Å². The van der Waals surface area contributed by atoms with E-state index in [1.165, 1.54) is 4.57 Å². The van der Waals surface area contributed by atoms with Crippen LogP contribution in [0.2, 0.25) is 0 Å². The number of nitrogens with two attached hydrogens (primary N) is 1. The van der Waals surface area contributed by atoms with E-state index in [1.807, 2.05) is 0 Å². The fourth-order valence-electron chi connectivity index (χ4n) is 2.82. The molecule has 0 radical (unpaired) electrons. The lowest BCUT2D eigenvalue weighted by Crippen LogP contribution is -2.56. The minimum Gasteiger partial charge on any atom is -0.398 e. The van der Waals surface area contributed by atoms with Crippen LogP contribution in [-0.4, -0.2) is 21.4 Å². The molecular formula is C15H16N4O3. The van der Waals surface area contributed by atoms with Crippen LogP contribution >= 0.6 is 0 Å². The van der Waals surface area contributed by atoms with Gasteiger partial charge in [-0.15, -0.1) is 0 Å². The van der Waals surface area contributed by atoms with Gasteiger partial charge in [-0.05, 0) is 32.4 Å². The summed E-state index contributed by atoms with van der Waals surface area (Å²) in [6.07, 6.45) is 0.291. The summed E-state index contributed by atoms with van der Waals surface area (Å²) < 4.78 is 8.88. The second-order valence-electron chi connectivity index (χ2n) is 5.56. The first kappa shape index (κ1) is 13.0. The zero-order valence-electron chi connectivity index (χ0n) is 13.0. The molecule has 114 valence electrons. The molecule has 7 nitrogen and oxygen atoms in total. The Morgan fingerprint density at radius 2 is 2.18 bits per heavy atom. The maximum absolute atomic E-state index is 13.0. The first-order valence-electron chi connectivity index (χ1n) is 7.53. The van der Waals surface area contributed by atoms with Gasteiger partial charge in [-0.2, -0.15) is 0 Å². The van der Waals surface area contributed by atoms with Crippen LogP contribution < -0.4 is 16.6 Å². The number of carbonyl (C=O) groups is 2. The molecule has 22 heavy (non-hydrogen) atoms. The monoisotopic (exact) mass is 301 g/mol. The first-order valence-corrected chi connectivity index (χ1v) is 6.82. The number of aryl methyl sites for hydroxylation is 1. The van der Waals surface area contributed by atoms with Crippen LogP contribution in [0.25, 0.3) is 10.9 Å². The smallest absolute Gasteiger partial charge is 0.264 e. The lowest BCUT2D eigenvalue weighted by Gasteiger charge is -2.34. The van der Waals surface area contributed by atoms with Crippen LogP contribution in [0.3, 0.4) is 0 Å². The van der Waals surface area contributed by atoms with Crippen LogP contribution in [0, 0.1) is 6.90 Å². The number of imide groups is 1. The summed E-state index contributed by atoms with van der Waals surface area (Å²) in [5.41, 5.74) is 4.81. The molecule has 1 fully saturated rings. The molecule has 1 saturated heterocycles. The van der Waals surface area contributed by atoms with Gasteiger partial charge in [0, 0.05) is 13.5 Å². The number of carbonyl (C=O) groups excluding carboxylic acids is 2. The average molecular weight is 301 g/mol. The second kappa shape index (κ2) is 4.66. The van der Waals surface area contributed by atoms with Crippen molar-refractivity contribution in [3.8, 4) is 0 Å². The van der Waals surface area contributed by atoms with E-state index < -0.39 is 17.0 Å². The number of nitrogens with one attached hydrogen (secondary N) is 1. The highest BCUT2D eigenvalue weighted by atomic mass is 16.2. The van der Waals surface area contributed by atoms with E-state index in [0.29, 0.717) is 5.52 Å². The zero-order chi connectivity index (χ0) is 16.8. The number of nitrogens with zero attached hydrogens (tertiary/aromatic N) is 2. The molecule has 2 heterocycles. The van der Waals surface area contributed by atoms with Crippen LogP contribution in [-0.2, 0) is 15.1 Å². The van der Waals surface area contributed by atoms with Crippen molar-refractivity contribution < 1.29 is 11.0 Å². The third kappa shape index (κ3) is 1.89. The van der Waals surface area contributed by atoms with Crippen LogP contribution in [0.15, 0.2) is 23.0 Å². The number of amides is 2. The highest BCUT2D eigenvalue weighted by molar-refractivity contribution is 6.01. The van der Waals surface area contributed by atoms with E-state index in [4.69, 9.17) is 7.10 Å². The normalized spacial score (nSPS) is 22.5. The summed E-state index contributed by atoms with van der Waals surface area (Å²) in [4.78, 5) is 41.0. The van der Waals surface area contributed by atoms with Gasteiger partial charge < -0.3 is 5.73 Å². The van der Waals surface area contributed by atoms with Gasteiger partial charge in [0.1, 0.15) is 11.4 Å². The van der Waals surface area contributed by atoms with Crippen molar-refractivity contribution in [2.24, 2.45) is 0 Å². The van der Waals surface area contributed by atoms with Crippen molar-refractivity contribution in [1.29, 1.82) is 0 Å². The average Bonchev–Trinajstić information content (AvgIpc) is 2.51. The second-order valence-corrected chi connectivity index (χ2v) is 5.56. The summed E-state index contributed by atoms with van der Waals surface area (Å²) in [6.45, 7) is 1.30. The van der Waals surface area contributed by atoms with Crippen molar-refractivity contribution >= 4 is 28.4 Å². The molecule has 0 spiro atoms. The molecule has 2 amide bonds. The molecule has 7 heteroatoms. The number of piperidine rings is 1. The van der Waals surface area contributed by atoms with Gasteiger partial charge in [0.25, 0.3) is 11.5 Å². The van der Waals surface area contributed by atoms with E-state index in [9.17, 15) is 14.4 Å². The van der Waals surface area contributed by atoms with Crippen LogP contribution in [0.4, 0.5) is 5.69 Å². The number of fused-ring (bicyclic) bond motifs is 1. The highest BCUT2D eigenvalue weighted by Crippen LogP contribution is 2.27. The molecule has 1 atom stereocenters. The number of hydrogen-bond donors (Lipinski definition) is 2. The molecule has 2 aromatic rings. The summed E-state index contributed by atoms with van der Waals surface area (Å²) in [5, 5.41) is 2.47. The van der Waals surface area contributed by atoms with E-state index >= 15 is 0 Å². The van der Waals surface area contributed by atoms with Gasteiger partial charge >= 0.3 is 0 Å². The van der Waals surface area contributed by atoms with Crippen molar-refractivity contribution in [1.82, 2.24) is 14.9 Å². The number of nitrogen functional groups attached to an aromatic ring is 1. The number of hydrogen-bond acceptors (Lipinski definition) is 5. The van der Waals surface area contributed by atoms with Gasteiger partial charge in [0.05, 0.1) is 10.9 Å². The molecule has 1 aromatic heterocycles. The topological polar surface area (TPSA) is 107 Å². The Kier molecular flexibility index (Phi) is 2.75. The summed E-state index contributed by atoms with van der Waals surface area (Å²) >= 11 is 0. The van der Waals surface area contributed by atoms with Crippen molar-refractivity contribution in [3.05, 3.63) is 34.4 Å². The van der Waals surface area contributed by atoms with Crippen LogP contribution in [0.5, 0.6) is 0 Å². The molecule has 0 saturated carbocycles. The van der Waals surface area contributed by atoms with E-state index in [-0.39, 0.29) is 42.5 Å². The van der Waals surface area contributed by atoms with Gasteiger partial charge in [-0.3, -0.25) is 24.3 Å². The van der Waals surface area contributed by atoms with Gasteiger partial charge in [0.15, 0.2) is 0 Å². The Morgan fingerprint density at radius 1 is 1.41 bits per heavy atom. The summed E-state index contributed by atoms with van der Waals surface area (Å²) in [6, 6.07) is 4.90.